The zero-order valence-electron chi connectivity index (χ0n) is 17.0. The maximum atomic E-state index is 13.9. The van der Waals surface area contributed by atoms with Crippen LogP contribution in [0.1, 0.15) is 37.3 Å². The maximum absolute atomic E-state index is 13.9. The van der Waals surface area contributed by atoms with Crippen molar-refractivity contribution in [2.24, 2.45) is 0 Å². The van der Waals surface area contributed by atoms with Gasteiger partial charge in [-0.25, -0.2) is 4.39 Å². The first-order valence-corrected chi connectivity index (χ1v) is 10.1. The van der Waals surface area contributed by atoms with Gasteiger partial charge in [0, 0.05) is 44.8 Å². The smallest absolute Gasteiger partial charge is 0.225 e. The predicted molar refractivity (Wildman–Crippen MR) is 114 cm³/mol. The molecule has 4 nitrogen and oxygen atoms in total. The minimum absolute atomic E-state index is 0.0488. The first kappa shape index (κ1) is 20.3. The van der Waals surface area contributed by atoms with Crippen LogP contribution in [0.25, 0.3) is 0 Å². The van der Waals surface area contributed by atoms with E-state index in [4.69, 9.17) is 0 Å². The second-order valence-corrected chi connectivity index (χ2v) is 7.77. The Bertz CT molecular complexity index is 813. The molecule has 0 spiro atoms. The highest BCUT2D eigenvalue weighted by Gasteiger charge is 2.20. The van der Waals surface area contributed by atoms with Gasteiger partial charge >= 0.3 is 0 Å². The number of benzene rings is 2. The molecule has 1 aliphatic rings. The molecule has 2 aromatic carbocycles. The zero-order chi connectivity index (χ0) is 20.1. The number of rotatable bonds is 6. The third-order valence-corrected chi connectivity index (χ3v) is 5.41. The van der Waals surface area contributed by atoms with E-state index < -0.39 is 0 Å². The van der Waals surface area contributed by atoms with Gasteiger partial charge in [0.1, 0.15) is 5.82 Å². The monoisotopic (exact) mass is 383 g/mol. The van der Waals surface area contributed by atoms with E-state index in [-0.39, 0.29) is 11.7 Å². The van der Waals surface area contributed by atoms with E-state index in [9.17, 15) is 9.18 Å². The molecule has 150 valence electrons. The Morgan fingerprint density at radius 3 is 2.46 bits per heavy atom. The number of nitrogens with one attached hydrogen (secondary N) is 1. The van der Waals surface area contributed by atoms with E-state index in [1.165, 1.54) is 11.6 Å². The van der Waals surface area contributed by atoms with Crippen molar-refractivity contribution < 1.29 is 9.18 Å². The third-order valence-electron chi connectivity index (χ3n) is 5.41. The Kier molecular flexibility index (Phi) is 6.68. The summed E-state index contributed by atoms with van der Waals surface area (Å²) in [7, 11) is 0. The molecular formula is C23H30FN3O. The number of anilines is 2. The van der Waals surface area contributed by atoms with Crippen molar-refractivity contribution in [1.29, 1.82) is 0 Å². The lowest BCUT2D eigenvalue weighted by atomic mass is 9.98. The number of nitrogens with zero attached hydrogens (tertiary/aromatic N) is 2. The highest BCUT2D eigenvalue weighted by molar-refractivity contribution is 5.92. The molecular weight excluding hydrogens is 353 g/mol. The second-order valence-electron chi connectivity index (χ2n) is 7.77. The predicted octanol–water partition coefficient (Wildman–Crippen LogP) is 4.41. The molecule has 1 N–H and O–H groups in total. The first-order chi connectivity index (χ1) is 13.5. The lowest BCUT2D eigenvalue weighted by molar-refractivity contribution is -0.116. The molecule has 1 fully saturated rings. The summed E-state index contributed by atoms with van der Waals surface area (Å²) in [5.41, 5.74) is 3.89. The Morgan fingerprint density at radius 1 is 1.07 bits per heavy atom. The van der Waals surface area contributed by atoms with Crippen molar-refractivity contribution in [3.05, 3.63) is 59.4 Å². The summed E-state index contributed by atoms with van der Waals surface area (Å²) in [4.78, 5) is 16.9. The molecule has 5 heteroatoms. The van der Waals surface area contributed by atoms with Crippen LogP contribution >= 0.6 is 0 Å². The molecule has 0 unspecified atom stereocenters. The number of para-hydroxylation sites is 2. The Morgan fingerprint density at radius 2 is 1.79 bits per heavy atom. The second kappa shape index (κ2) is 9.20. The molecule has 1 saturated heterocycles. The van der Waals surface area contributed by atoms with E-state index in [1.807, 2.05) is 31.2 Å². The van der Waals surface area contributed by atoms with Crippen LogP contribution in [0, 0.1) is 12.7 Å². The van der Waals surface area contributed by atoms with Crippen LogP contribution in [0.3, 0.4) is 0 Å². The summed E-state index contributed by atoms with van der Waals surface area (Å²) in [6.07, 6.45) is 0.464. The molecule has 0 bridgehead atoms. The highest BCUT2D eigenvalue weighted by atomic mass is 19.1. The largest absolute Gasteiger partial charge is 0.367 e. The molecule has 1 heterocycles. The summed E-state index contributed by atoms with van der Waals surface area (Å²) >= 11 is 0. The molecule has 1 aliphatic heterocycles. The maximum Gasteiger partial charge on any atom is 0.225 e. The summed E-state index contributed by atoms with van der Waals surface area (Å²) < 4.78 is 13.9. The summed E-state index contributed by atoms with van der Waals surface area (Å²) in [6, 6.07) is 13.1. The molecule has 2 aromatic rings. The minimum atomic E-state index is -0.172. The molecule has 0 atom stereocenters. The van der Waals surface area contributed by atoms with Crippen molar-refractivity contribution in [3.8, 4) is 0 Å². The third kappa shape index (κ3) is 4.90. The van der Waals surface area contributed by atoms with Crippen molar-refractivity contribution in [3.63, 3.8) is 0 Å². The van der Waals surface area contributed by atoms with E-state index in [1.54, 1.807) is 6.07 Å². The highest BCUT2D eigenvalue weighted by Crippen LogP contribution is 2.27. The SMILES string of the molecule is Cc1cccc(C(C)C)c1NC(=O)CCN1CCN(c2ccccc2F)CC1. The van der Waals surface area contributed by atoms with Gasteiger partial charge in [0.15, 0.2) is 0 Å². The molecule has 28 heavy (non-hydrogen) atoms. The van der Waals surface area contributed by atoms with Crippen molar-refractivity contribution in [2.75, 3.05) is 42.9 Å². The van der Waals surface area contributed by atoms with Gasteiger partial charge in [-0.1, -0.05) is 44.2 Å². The van der Waals surface area contributed by atoms with Gasteiger partial charge in [0.2, 0.25) is 5.91 Å². The molecule has 0 aromatic heterocycles. The number of aryl methyl sites for hydroxylation is 1. The van der Waals surface area contributed by atoms with Gasteiger partial charge in [-0.2, -0.15) is 0 Å². The number of carbonyl (C=O) groups is 1. The van der Waals surface area contributed by atoms with E-state index in [2.05, 4.69) is 35.0 Å². The molecule has 1 amide bonds. The van der Waals surface area contributed by atoms with Crippen LogP contribution in [0.2, 0.25) is 0 Å². The Hall–Kier alpha value is -2.40. The summed E-state index contributed by atoms with van der Waals surface area (Å²) in [5, 5.41) is 3.12. The number of hydrogen-bond acceptors (Lipinski definition) is 3. The standard InChI is InChI=1S/C23H30FN3O/c1-17(2)19-8-6-7-18(3)23(19)25-22(28)11-12-26-13-15-27(16-14-26)21-10-5-4-9-20(21)24/h4-10,17H,11-16H2,1-3H3,(H,25,28). The van der Waals surface area contributed by atoms with Crippen LogP contribution in [0.5, 0.6) is 0 Å². The minimum Gasteiger partial charge on any atom is -0.367 e. The lowest BCUT2D eigenvalue weighted by Crippen LogP contribution is -2.47. The van der Waals surface area contributed by atoms with E-state index >= 15 is 0 Å². The summed E-state index contributed by atoms with van der Waals surface area (Å²) in [5.74, 6) is 0.240. The normalized spacial score (nSPS) is 15.1. The lowest BCUT2D eigenvalue weighted by Gasteiger charge is -2.36. The number of amides is 1. The fourth-order valence-corrected chi connectivity index (χ4v) is 3.72. The number of piperazine rings is 1. The van der Waals surface area contributed by atoms with Crippen molar-refractivity contribution >= 4 is 17.3 Å². The Balaban J connectivity index is 1.50. The van der Waals surface area contributed by atoms with Gasteiger partial charge in [-0.15, -0.1) is 0 Å². The molecule has 3 rings (SSSR count). The van der Waals surface area contributed by atoms with Gasteiger partial charge < -0.3 is 10.2 Å². The van der Waals surface area contributed by atoms with Crippen LogP contribution in [0.15, 0.2) is 42.5 Å². The van der Waals surface area contributed by atoms with Crippen LogP contribution < -0.4 is 10.2 Å². The summed E-state index contributed by atoms with van der Waals surface area (Å²) in [6.45, 7) is 10.3. The average Bonchev–Trinajstić information content (AvgIpc) is 2.68. The van der Waals surface area contributed by atoms with Crippen LogP contribution in [-0.2, 0) is 4.79 Å². The quantitative estimate of drug-likeness (QED) is 0.803. The molecule has 0 radical (unpaired) electrons. The number of carbonyl (C=O) groups excluding carboxylic acids is 1. The Labute approximate surface area is 167 Å². The van der Waals surface area contributed by atoms with Gasteiger partial charge in [-0.05, 0) is 36.1 Å². The van der Waals surface area contributed by atoms with Crippen LogP contribution in [-0.4, -0.2) is 43.5 Å². The fourth-order valence-electron chi connectivity index (χ4n) is 3.72. The number of hydrogen-bond donors (Lipinski definition) is 1. The van der Waals surface area contributed by atoms with Gasteiger partial charge in [-0.3, -0.25) is 9.69 Å². The van der Waals surface area contributed by atoms with Gasteiger partial charge in [0.25, 0.3) is 0 Å². The molecule has 0 saturated carbocycles. The first-order valence-electron chi connectivity index (χ1n) is 10.1. The molecule has 0 aliphatic carbocycles. The van der Waals surface area contributed by atoms with E-state index in [0.717, 1.165) is 44.0 Å². The average molecular weight is 384 g/mol. The topological polar surface area (TPSA) is 35.6 Å². The van der Waals surface area contributed by atoms with E-state index in [0.29, 0.717) is 18.0 Å². The zero-order valence-corrected chi connectivity index (χ0v) is 17.0. The fraction of sp³-hybridized carbons (Fsp3) is 0.435. The van der Waals surface area contributed by atoms with Crippen molar-refractivity contribution in [2.45, 2.75) is 33.1 Å². The van der Waals surface area contributed by atoms with Gasteiger partial charge in [0.05, 0.1) is 5.69 Å². The van der Waals surface area contributed by atoms with Crippen LogP contribution in [0.4, 0.5) is 15.8 Å². The number of halogens is 1. The van der Waals surface area contributed by atoms with Crippen molar-refractivity contribution in [1.82, 2.24) is 4.90 Å².